The Morgan fingerprint density at radius 2 is 1.38 bits per heavy atom. The summed E-state index contributed by atoms with van der Waals surface area (Å²) < 4.78 is 25.2. The van der Waals surface area contributed by atoms with Gasteiger partial charge in [-0.05, 0) is 81.4 Å². The minimum atomic E-state index is -3.80. The van der Waals surface area contributed by atoms with Crippen LogP contribution in [0.15, 0.2) is 70.8 Å². The summed E-state index contributed by atoms with van der Waals surface area (Å²) in [5, 5.41) is 16.3. The maximum atomic E-state index is 14.8. The van der Waals surface area contributed by atoms with Crippen LogP contribution in [0.5, 0.6) is 0 Å². The number of carbonyl (C=O) groups excluding carboxylic acids is 9. The van der Waals surface area contributed by atoms with E-state index in [1.54, 1.807) is 36.5 Å². The molecule has 1 aromatic heterocycles. The van der Waals surface area contributed by atoms with Crippen molar-refractivity contribution in [1.29, 1.82) is 0 Å². The molecular weight excluding hydrogens is 1020 g/mol. The summed E-state index contributed by atoms with van der Waals surface area (Å²) in [4.78, 5) is 136. The number of para-hydroxylation sites is 1. The minimum absolute atomic E-state index is 0.0147. The predicted octanol–water partition coefficient (Wildman–Crippen LogP) is -1.73. The summed E-state index contributed by atoms with van der Waals surface area (Å²) >= 11 is 0. The number of aliphatic imine (C=N–C) groups is 2. The Hall–Kier alpha value is -7.90. The van der Waals surface area contributed by atoms with Crippen LogP contribution in [0.3, 0.4) is 0 Å². The molecule has 25 nitrogen and oxygen atoms in total. The number of hydrogen-bond donors (Lipinski definition) is 12. The van der Waals surface area contributed by atoms with Crippen molar-refractivity contribution in [1.82, 2.24) is 36.9 Å². The van der Waals surface area contributed by atoms with Crippen LogP contribution < -0.4 is 60.6 Å². The number of H-pyrrole nitrogens is 1. The monoisotopic (exact) mass is 1090 g/mol. The molecule has 2 heterocycles. The summed E-state index contributed by atoms with van der Waals surface area (Å²) in [6.07, 6.45) is 1.43. The molecule has 4 rings (SSSR count). The predicted molar refractivity (Wildman–Crippen MR) is 289 cm³/mol. The number of carbonyl (C=O) groups is 9. The zero-order valence-corrected chi connectivity index (χ0v) is 44.3. The third-order valence-corrected chi connectivity index (χ3v) is 13.8. The zero-order chi connectivity index (χ0) is 56.7. The molecule has 0 radical (unpaired) electrons. The molecule has 0 unspecified atom stereocenters. The summed E-state index contributed by atoms with van der Waals surface area (Å²) in [5.41, 5.74) is 29.9. The largest absolute Gasteiger partial charge is 0.370 e. The van der Waals surface area contributed by atoms with Gasteiger partial charge in [0.1, 0.15) is 39.8 Å². The molecule has 1 aliphatic heterocycles. The number of guanidine groups is 2. The Morgan fingerprint density at radius 1 is 0.727 bits per heavy atom. The number of sulfone groups is 1. The number of benzene rings is 2. The number of nitrogens with two attached hydrogens (primary N) is 5. The van der Waals surface area contributed by atoms with Gasteiger partial charge in [0, 0.05) is 74.6 Å². The second-order valence-corrected chi connectivity index (χ2v) is 21.5. The zero-order valence-electron chi connectivity index (χ0n) is 43.5. The van der Waals surface area contributed by atoms with Gasteiger partial charge in [0.25, 0.3) is 0 Å². The molecule has 2 aromatic carbocycles. The van der Waals surface area contributed by atoms with Crippen molar-refractivity contribution in [2.24, 2.45) is 50.5 Å². The van der Waals surface area contributed by atoms with Gasteiger partial charge in [0.05, 0.1) is 18.2 Å². The van der Waals surface area contributed by atoms with Gasteiger partial charge < -0.3 is 65.6 Å². The first kappa shape index (κ1) is 61.6. The van der Waals surface area contributed by atoms with E-state index in [1.807, 2.05) is 24.3 Å². The van der Waals surface area contributed by atoms with E-state index in [0.717, 1.165) is 24.1 Å². The number of fused-ring (bicyclic) bond motifs is 1. The van der Waals surface area contributed by atoms with Crippen LogP contribution in [0.2, 0.25) is 0 Å². The van der Waals surface area contributed by atoms with Gasteiger partial charge in [-0.3, -0.25) is 53.1 Å². The number of primary amides is 1. The van der Waals surface area contributed by atoms with Crippen LogP contribution >= 0.6 is 0 Å². The van der Waals surface area contributed by atoms with Gasteiger partial charge in [0.15, 0.2) is 17.7 Å². The van der Waals surface area contributed by atoms with Crippen molar-refractivity contribution in [2.45, 2.75) is 121 Å². The van der Waals surface area contributed by atoms with E-state index in [1.165, 1.54) is 0 Å². The highest BCUT2D eigenvalue weighted by Gasteiger charge is 2.36. The van der Waals surface area contributed by atoms with Crippen molar-refractivity contribution in [3.8, 4) is 0 Å². The molecule has 0 spiro atoms. The summed E-state index contributed by atoms with van der Waals surface area (Å²) in [7, 11) is -3.80. The van der Waals surface area contributed by atoms with E-state index in [2.05, 4.69) is 46.9 Å². The van der Waals surface area contributed by atoms with Crippen LogP contribution in [0.1, 0.15) is 88.7 Å². The van der Waals surface area contributed by atoms with E-state index >= 15 is 0 Å². The first-order valence-corrected chi connectivity index (χ1v) is 27.5. The van der Waals surface area contributed by atoms with Crippen LogP contribution in [-0.2, 0) is 65.8 Å². The lowest BCUT2D eigenvalue weighted by molar-refractivity contribution is -0.136. The summed E-state index contributed by atoms with van der Waals surface area (Å²) in [5.74, 6) is -10.2. The molecule has 26 heteroatoms. The normalized spacial score (nSPS) is 21.3. The molecule has 1 fully saturated rings. The highest BCUT2D eigenvalue weighted by molar-refractivity contribution is 7.90. The smallest absolute Gasteiger partial charge is 0.243 e. The van der Waals surface area contributed by atoms with Crippen molar-refractivity contribution in [3.05, 3.63) is 71.9 Å². The highest BCUT2D eigenvalue weighted by atomic mass is 32.2. The third kappa shape index (κ3) is 22.1. The average Bonchev–Trinajstić information content (AvgIpc) is 3.77. The van der Waals surface area contributed by atoms with Gasteiger partial charge in [0.2, 0.25) is 41.4 Å². The average molecular weight is 1090 g/mol. The molecule has 77 heavy (non-hydrogen) atoms. The fraction of sp³-hybridized carbons (Fsp3) is 0.510. The van der Waals surface area contributed by atoms with Gasteiger partial charge >= 0.3 is 0 Å². The van der Waals surface area contributed by atoms with Gasteiger partial charge in [-0.2, -0.15) is 0 Å². The van der Waals surface area contributed by atoms with Gasteiger partial charge in [-0.25, -0.2) is 8.42 Å². The molecule has 0 bridgehead atoms. The lowest BCUT2D eigenvalue weighted by atomic mass is 9.83. The van der Waals surface area contributed by atoms with E-state index in [-0.39, 0.29) is 95.8 Å². The third-order valence-electron chi connectivity index (χ3n) is 12.8. The van der Waals surface area contributed by atoms with E-state index < -0.39 is 130 Å². The first-order valence-electron chi connectivity index (χ1n) is 25.5. The van der Waals surface area contributed by atoms with Crippen LogP contribution in [0.4, 0.5) is 0 Å². The van der Waals surface area contributed by atoms with Crippen molar-refractivity contribution in [3.63, 3.8) is 0 Å². The molecule has 1 aliphatic rings. The molecule has 17 N–H and O–H groups in total. The fourth-order valence-corrected chi connectivity index (χ4v) is 9.48. The fourth-order valence-electron chi connectivity index (χ4n) is 8.81. The molecule has 0 aliphatic carbocycles. The molecule has 1 saturated heterocycles. The topological polar surface area (TPSA) is 431 Å². The summed E-state index contributed by atoms with van der Waals surface area (Å²) in [6.45, 7) is 1.32. The maximum Gasteiger partial charge on any atom is 0.243 e. The minimum Gasteiger partial charge on any atom is -0.370 e. The Morgan fingerprint density at radius 3 is 2.04 bits per heavy atom. The number of hydrogen-bond acceptors (Lipinski definition) is 13. The molecule has 420 valence electrons. The van der Waals surface area contributed by atoms with Crippen LogP contribution in [-0.4, -0.2) is 140 Å². The van der Waals surface area contributed by atoms with E-state index in [9.17, 15) is 51.6 Å². The van der Waals surface area contributed by atoms with Gasteiger partial charge in [-0.1, -0.05) is 48.5 Å². The number of aromatic nitrogens is 1. The molecule has 7 amide bonds. The quantitative estimate of drug-likeness (QED) is 0.0360. The number of Topliss-reactive ketones (excluding diaryl/α,β-unsaturated/α-hetero) is 2. The Bertz CT molecular complexity index is 2720. The Kier molecular flexibility index (Phi) is 24.5. The number of ketones is 2. The number of nitrogens with one attached hydrogen (secondary N) is 7. The lowest BCUT2D eigenvalue weighted by Gasteiger charge is -2.27. The van der Waals surface area contributed by atoms with Crippen molar-refractivity contribution < 1.29 is 51.6 Å². The van der Waals surface area contributed by atoms with Gasteiger partial charge in [-0.15, -0.1) is 0 Å². The standard InChI is InChI=1S/C51H74N14O11S/c1-30(66)61-38(18-11-22-59-51(55)56)47(72)65-41-28-44(69)57-20-9-8-17-37(45(52)70)62-46(71)33(25-34-29-60-36-16-7-6-15-35(34)36)27-42(67)32(14-10-21-58-50(53)54)26-43(68)40(24-31-12-4-3-5-13-31)64-48(73)39(63-49(41)74)19-23-77(2,75)76/h3-7,12-13,15-16,29,32-33,37-41,60H,8-11,14,17-28H2,1-2H3,(H2,52,70)(H,57,69)(H,61,66)(H,62,71)(H,63,74)(H,64,73)(H,65,72)(H4,53,54,58)(H4,55,56,59)/t32-,33-,37+,38+,39+,40-,41+/m1/s1. The molecular formula is C51H74N14O11S. The number of amides is 7. The number of aromatic amines is 1. The van der Waals surface area contributed by atoms with Crippen LogP contribution in [0.25, 0.3) is 10.9 Å². The molecule has 7 atom stereocenters. The lowest BCUT2D eigenvalue weighted by Crippen LogP contribution is -2.58. The Labute approximate surface area is 447 Å². The molecule has 0 saturated carbocycles. The summed E-state index contributed by atoms with van der Waals surface area (Å²) in [6, 6.07) is 8.65. The highest BCUT2D eigenvalue weighted by Crippen LogP contribution is 2.26. The molecule has 3 aromatic rings. The Balaban J connectivity index is 1.80. The van der Waals surface area contributed by atoms with E-state index in [4.69, 9.17) is 28.7 Å². The van der Waals surface area contributed by atoms with Crippen molar-refractivity contribution >= 4 is 85.6 Å². The SMILES string of the molecule is CC(=O)N[C@@H](CCCN=C(N)N)C(=O)N[C@H]1CC(=O)NCCCC[C@@H](C(N)=O)NC(=O)[C@H](Cc2c[nH]c3ccccc23)CC(=O)[C@H](CCCN=C(N)N)CC(=O)[C@@H](Cc2ccccc2)NC(=O)[C@H](CCS(C)(=O)=O)NC1=O. The van der Waals surface area contributed by atoms with Crippen LogP contribution in [0, 0.1) is 11.8 Å². The maximum absolute atomic E-state index is 14.8. The number of rotatable bonds is 19. The second kappa shape index (κ2) is 30.6. The first-order chi connectivity index (χ1) is 36.5. The number of nitrogens with zero attached hydrogens (tertiary/aromatic N) is 2. The van der Waals surface area contributed by atoms with E-state index in [0.29, 0.717) is 11.1 Å². The second-order valence-electron chi connectivity index (χ2n) is 19.3. The van der Waals surface area contributed by atoms with Crippen molar-refractivity contribution in [2.75, 3.05) is 31.6 Å².